The number of halogens is 4. The number of carbonyl (C=O) groups excluding carboxylic acids is 1. The maximum absolute atomic E-state index is 12.6. The quantitative estimate of drug-likeness (QED) is 0.397. The number of nitrogen functional groups attached to an aromatic ring is 1. The number of hydrogen-bond acceptors (Lipinski definition) is 6. The number of nitrogens with two attached hydrogens (primary N) is 1. The van der Waals surface area contributed by atoms with E-state index in [2.05, 4.69) is 31.4 Å². The lowest BCUT2D eigenvalue weighted by Gasteiger charge is -2.08. The molecule has 0 radical (unpaired) electrons. The first kappa shape index (κ1) is 21.0. The van der Waals surface area contributed by atoms with Crippen LogP contribution in [0.25, 0.3) is 0 Å². The first-order valence-electron chi connectivity index (χ1n) is 7.96. The van der Waals surface area contributed by atoms with Gasteiger partial charge in [0, 0.05) is 10.2 Å². The first-order chi connectivity index (χ1) is 13.7. The second-order valence-corrected chi connectivity index (χ2v) is 7.45. The molecule has 3 N–H and O–H groups in total. The number of thioether (sulfide) groups is 1. The summed E-state index contributed by atoms with van der Waals surface area (Å²) in [6.45, 7) is 0. The minimum Gasteiger partial charge on any atom is -0.457 e. The molecule has 12 heteroatoms. The van der Waals surface area contributed by atoms with Crippen LogP contribution < -0.4 is 15.9 Å². The summed E-state index contributed by atoms with van der Waals surface area (Å²) in [5.41, 5.74) is 0.504. The topological polar surface area (TPSA) is 95.1 Å². The molecule has 3 aromatic rings. The second kappa shape index (κ2) is 8.74. The van der Waals surface area contributed by atoms with Crippen molar-refractivity contribution in [1.29, 1.82) is 0 Å². The van der Waals surface area contributed by atoms with Gasteiger partial charge < -0.3 is 15.9 Å². The summed E-state index contributed by atoms with van der Waals surface area (Å²) >= 11 is 4.08. The SMILES string of the molecule is Nn1c(SCC(=O)Nc2ccc(Oc3ccc(Br)cc3)cc2)nnc1C(F)(F)F. The molecule has 29 heavy (non-hydrogen) atoms. The zero-order chi connectivity index (χ0) is 21.0. The molecule has 0 saturated carbocycles. The Balaban J connectivity index is 1.53. The van der Waals surface area contributed by atoms with Gasteiger partial charge in [0.1, 0.15) is 11.5 Å². The Morgan fingerprint density at radius 1 is 1.10 bits per heavy atom. The fourth-order valence-corrected chi connectivity index (χ4v) is 3.06. The van der Waals surface area contributed by atoms with E-state index in [0.717, 1.165) is 16.2 Å². The van der Waals surface area contributed by atoms with Crippen molar-refractivity contribution in [3.05, 3.63) is 58.8 Å². The lowest BCUT2D eigenvalue weighted by Crippen LogP contribution is -2.22. The van der Waals surface area contributed by atoms with Crippen LogP contribution in [-0.2, 0) is 11.0 Å². The molecular weight excluding hydrogens is 475 g/mol. The van der Waals surface area contributed by atoms with Crippen LogP contribution in [0.2, 0.25) is 0 Å². The Labute approximate surface area is 175 Å². The monoisotopic (exact) mass is 487 g/mol. The van der Waals surface area contributed by atoms with Crippen molar-refractivity contribution in [3.8, 4) is 11.5 Å². The smallest absolute Gasteiger partial charge is 0.453 e. The summed E-state index contributed by atoms with van der Waals surface area (Å²) < 4.78 is 44.8. The highest BCUT2D eigenvalue weighted by atomic mass is 79.9. The Kier molecular flexibility index (Phi) is 6.33. The van der Waals surface area contributed by atoms with Crippen LogP contribution in [0.15, 0.2) is 58.2 Å². The van der Waals surface area contributed by atoms with Crippen molar-refractivity contribution in [1.82, 2.24) is 14.9 Å². The molecule has 152 valence electrons. The van der Waals surface area contributed by atoms with Crippen LogP contribution in [0.3, 0.4) is 0 Å². The van der Waals surface area contributed by atoms with Gasteiger partial charge in [-0.25, -0.2) is 4.68 Å². The molecule has 2 aromatic carbocycles. The standard InChI is InChI=1S/C17H13BrF3N5O2S/c18-10-1-5-12(6-2-10)28-13-7-3-11(4-8-13)23-14(27)9-29-16-25-24-15(26(16)22)17(19,20)21/h1-8H,9,22H2,(H,23,27). The summed E-state index contributed by atoms with van der Waals surface area (Å²) in [6.07, 6.45) is -4.72. The molecule has 0 bridgehead atoms. The number of amides is 1. The zero-order valence-electron chi connectivity index (χ0n) is 14.5. The summed E-state index contributed by atoms with van der Waals surface area (Å²) in [7, 11) is 0. The largest absolute Gasteiger partial charge is 0.457 e. The van der Waals surface area contributed by atoms with E-state index in [0.29, 0.717) is 21.9 Å². The summed E-state index contributed by atoms with van der Waals surface area (Å²) in [4.78, 5) is 12.0. The molecule has 1 amide bonds. The molecule has 0 aliphatic rings. The third-order valence-corrected chi connectivity index (χ3v) is 4.91. The molecule has 0 aliphatic heterocycles. The molecule has 3 rings (SSSR count). The Morgan fingerprint density at radius 2 is 1.69 bits per heavy atom. The molecular formula is C17H13BrF3N5O2S. The van der Waals surface area contributed by atoms with Crippen LogP contribution in [0, 0.1) is 0 Å². The van der Waals surface area contributed by atoms with Gasteiger partial charge in [-0.05, 0) is 48.5 Å². The number of alkyl halides is 3. The summed E-state index contributed by atoms with van der Waals surface area (Å²) in [5.74, 6) is 4.60. The number of benzene rings is 2. The van der Waals surface area contributed by atoms with Gasteiger partial charge in [-0.3, -0.25) is 4.79 Å². The van der Waals surface area contributed by atoms with Crippen LogP contribution in [0.5, 0.6) is 11.5 Å². The number of nitrogens with zero attached hydrogens (tertiary/aromatic N) is 3. The van der Waals surface area contributed by atoms with Crippen molar-refractivity contribution in [3.63, 3.8) is 0 Å². The van der Waals surface area contributed by atoms with Crippen molar-refractivity contribution < 1.29 is 22.7 Å². The van der Waals surface area contributed by atoms with E-state index in [9.17, 15) is 18.0 Å². The average Bonchev–Trinajstić information content (AvgIpc) is 3.04. The first-order valence-corrected chi connectivity index (χ1v) is 9.74. The Hall–Kier alpha value is -2.73. The molecule has 1 aromatic heterocycles. The van der Waals surface area contributed by atoms with Crippen molar-refractivity contribution >= 4 is 39.3 Å². The predicted octanol–water partition coefficient (Wildman–Crippen LogP) is 4.30. The van der Waals surface area contributed by atoms with Crippen LogP contribution in [0.4, 0.5) is 18.9 Å². The highest BCUT2D eigenvalue weighted by molar-refractivity contribution is 9.10. The van der Waals surface area contributed by atoms with E-state index >= 15 is 0 Å². The maximum Gasteiger partial charge on any atom is 0.453 e. The lowest BCUT2D eigenvalue weighted by atomic mass is 10.3. The number of rotatable bonds is 6. The van der Waals surface area contributed by atoms with Crippen LogP contribution in [-0.4, -0.2) is 26.5 Å². The van der Waals surface area contributed by atoms with Gasteiger partial charge in [0.05, 0.1) is 5.75 Å². The normalized spacial score (nSPS) is 11.3. The Morgan fingerprint density at radius 3 is 2.24 bits per heavy atom. The Bertz CT molecular complexity index is 994. The van der Waals surface area contributed by atoms with Crippen LogP contribution in [0.1, 0.15) is 5.82 Å². The van der Waals surface area contributed by atoms with E-state index in [1.54, 1.807) is 36.4 Å². The van der Waals surface area contributed by atoms with E-state index in [-0.39, 0.29) is 10.9 Å². The third kappa shape index (κ3) is 5.64. The van der Waals surface area contributed by atoms with E-state index in [1.807, 2.05) is 12.1 Å². The number of nitrogens with one attached hydrogen (secondary N) is 1. The van der Waals surface area contributed by atoms with Gasteiger partial charge in [0.15, 0.2) is 0 Å². The third-order valence-electron chi connectivity index (χ3n) is 3.44. The average molecular weight is 488 g/mol. The lowest BCUT2D eigenvalue weighted by molar-refractivity contribution is -0.146. The predicted molar refractivity (Wildman–Crippen MR) is 105 cm³/mol. The van der Waals surface area contributed by atoms with E-state index in [1.165, 1.54) is 0 Å². The molecule has 0 aliphatic carbocycles. The number of carbonyl (C=O) groups is 1. The summed E-state index contributed by atoms with van der Waals surface area (Å²) in [6, 6.07) is 13.9. The van der Waals surface area contributed by atoms with Gasteiger partial charge in [0.2, 0.25) is 11.1 Å². The second-order valence-electron chi connectivity index (χ2n) is 5.59. The summed E-state index contributed by atoms with van der Waals surface area (Å²) in [5, 5.41) is 8.75. The fraction of sp³-hybridized carbons (Fsp3) is 0.118. The number of hydrogen-bond donors (Lipinski definition) is 2. The van der Waals surface area contributed by atoms with Gasteiger partial charge in [-0.15, -0.1) is 10.2 Å². The molecule has 0 saturated heterocycles. The van der Waals surface area contributed by atoms with Crippen molar-refractivity contribution in [2.45, 2.75) is 11.3 Å². The highest BCUT2D eigenvalue weighted by Crippen LogP contribution is 2.29. The number of ether oxygens (including phenoxy) is 1. The maximum atomic E-state index is 12.6. The highest BCUT2D eigenvalue weighted by Gasteiger charge is 2.38. The van der Waals surface area contributed by atoms with Crippen molar-refractivity contribution in [2.24, 2.45) is 0 Å². The minimum atomic E-state index is -4.72. The van der Waals surface area contributed by atoms with Crippen molar-refractivity contribution in [2.75, 3.05) is 16.9 Å². The molecule has 0 fully saturated rings. The van der Waals surface area contributed by atoms with Crippen LogP contribution >= 0.6 is 27.7 Å². The van der Waals surface area contributed by atoms with Gasteiger partial charge in [-0.2, -0.15) is 13.2 Å². The zero-order valence-corrected chi connectivity index (χ0v) is 16.9. The van der Waals surface area contributed by atoms with Gasteiger partial charge in [-0.1, -0.05) is 27.7 Å². The molecule has 0 atom stereocenters. The number of aromatic nitrogens is 3. The number of anilines is 1. The van der Waals surface area contributed by atoms with Gasteiger partial charge in [0.25, 0.3) is 5.82 Å². The fourth-order valence-electron chi connectivity index (χ4n) is 2.14. The van der Waals surface area contributed by atoms with Gasteiger partial charge >= 0.3 is 6.18 Å². The van der Waals surface area contributed by atoms with E-state index < -0.39 is 17.9 Å². The molecule has 7 nitrogen and oxygen atoms in total. The minimum absolute atomic E-state index is 0.190. The molecule has 1 heterocycles. The van der Waals surface area contributed by atoms with E-state index in [4.69, 9.17) is 10.6 Å². The molecule has 0 unspecified atom stereocenters. The molecule has 0 spiro atoms.